The lowest BCUT2D eigenvalue weighted by molar-refractivity contribution is -0.873. The molecule has 0 aromatic carbocycles. The smallest absolute Gasteiger partial charge is 0.307 e. The largest absolute Gasteiger partial charge is 0.481 e. The summed E-state index contributed by atoms with van der Waals surface area (Å²) in [6, 6.07) is 0. The van der Waals surface area contributed by atoms with Gasteiger partial charge >= 0.3 is 11.9 Å². The summed E-state index contributed by atoms with van der Waals surface area (Å²) in [5.74, 6) is -1.21. The van der Waals surface area contributed by atoms with Crippen LogP contribution in [0.5, 0.6) is 0 Å². The summed E-state index contributed by atoms with van der Waals surface area (Å²) in [6.45, 7) is 2.53. The Balaban J connectivity index is 3.92. The van der Waals surface area contributed by atoms with Gasteiger partial charge in [0.25, 0.3) is 0 Å². The average molecular weight is 328 g/mol. The van der Waals surface area contributed by atoms with Crippen LogP contribution in [0, 0.1) is 0 Å². The Bertz CT molecular complexity index is 372. The molecule has 0 amide bonds. The first-order chi connectivity index (χ1) is 10.7. The monoisotopic (exact) mass is 328 g/mol. The fraction of sp³-hybridized carbons (Fsp3) is 0.778. The van der Waals surface area contributed by atoms with E-state index in [0.717, 1.165) is 25.7 Å². The summed E-state index contributed by atoms with van der Waals surface area (Å²) >= 11 is 0. The van der Waals surface area contributed by atoms with E-state index in [1.807, 2.05) is 28.1 Å². The predicted molar refractivity (Wildman–Crippen MR) is 92.2 cm³/mol. The number of rotatable bonds is 13. The van der Waals surface area contributed by atoms with E-state index in [2.05, 4.69) is 12.2 Å². The van der Waals surface area contributed by atoms with Crippen molar-refractivity contribution in [1.82, 2.24) is 0 Å². The normalized spacial score (nSPS) is 13.2. The molecule has 1 atom stereocenters. The van der Waals surface area contributed by atoms with E-state index < -0.39 is 12.1 Å². The molecule has 0 saturated carbocycles. The molecule has 1 N–H and O–H groups in total. The molecule has 5 nitrogen and oxygen atoms in total. The lowest BCUT2D eigenvalue weighted by atomic mass is 10.1. The highest BCUT2D eigenvalue weighted by atomic mass is 16.5. The molecule has 0 heterocycles. The molecule has 0 radical (unpaired) electrons. The van der Waals surface area contributed by atoms with Crippen LogP contribution in [-0.2, 0) is 14.3 Å². The standard InChI is InChI=1S/C18H33NO4/c1-5-6-7-8-9-10-11-12-13-18(22)23-16(14-17(20)21)15-19(2,3)4/h5-6,16H,7-15H2,1-4H3/p+1. The van der Waals surface area contributed by atoms with Gasteiger partial charge in [0.05, 0.1) is 27.6 Å². The van der Waals surface area contributed by atoms with Crippen LogP contribution < -0.4 is 0 Å². The van der Waals surface area contributed by atoms with E-state index in [1.165, 1.54) is 12.8 Å². The van der Waals surface area contributed by atoms with E-state index in [-0.39, 0.29) is 12.4 Å². The number of carboxylic acids is 1. The van der Waals surface area contributed by atoms with Crippen LogP contribution in [0.1, 0.15) is 58.3 Å². The van der Waals surface area contributed by atoms with Gasteiger partial charge in [0, 0.05) is 6.42 Å². The zero-order valence-electron chi connectivity index (χ0n) is 15.2. The highest BCUT2D eigenvalue weighted by Crippen LogP contribution is 2.11. The van der Waals surface area contributed by atoms with Crippen LogP contribution in [0.4, 0.5) is 0 Å². The molecule has 0 saturated heterocycles. The zero-order chi connectivity index (χ0) is 17.7. The Morgan fingerprint density at radius 3 is 2.26 bits per heavy atom. The first kappa shape index (κ1) is 21.6. The number of hydrogen-bond donors (Lipinski definition) is 1. The van der Waals surface area contributed by atoms with Gasteiger partial charge in [-0.05, 0) is 26.2 Å². The summed E-state index contributed by atoms with van der Waals surface area (Å²) in [4.78, 5) is 22.7. The van der Waals surface area contributed by atoms with Crippen molar-refractivity contribution in [2.75, 3.05) is 27.7 Å². The number of carbonyl (C=O) groups excluding carboxylic acids is 1. The second-order valence-corrected chi connectivity index (χ2v) is 7.06. The van der Waals surface area contributed by atoms with E-state index in [0.29, 0.717) is 17.4 Å². The summed E-state index contributed by atoms with van der Waals surface area (Å²) in [5.41, 5.74) is 0. The van der Waals surface area contributed by atoms with Gasteiger partial charge in [-0.15, -0.1) is 0 Å². The van der Waals surface area contributed by atoms with Gasteiger partial charge in [-0.2, -0.15) is 0 Å². The highest BCUT2D eigenvalue weighted by molar-refractivity contribution is 5.71. The second-order valence-electron chi connectivity index (χ2n) is 7.06. The molecule has 0 aromatic heterocycles. The summed E-state index contributed by atoms with van der Waals surface area (Å²) in [6.07, 6.45) is 10.4. The SMILES string of the molecule is CC=CCCCCCCCC(=O)OC(CC(=O)O)C[N+](C)(C)C. The minimum atomic E-state index is -0.933. The van der Waals surface area contributed by atoms with Crippen LogP contribution in [0.2, 0.25) is 0 Å². The van der Waals surface area contributed by atoms with Crippen molar-refractivity contribution in [1.29, 1.82) is 0 Å². The number of ether oxygens (including phenoxy) is 1. The van der Waals surface area contributed by atoms with Gasteiger partial charge in [-0.1, -0.05) is 31.4 Å². The average Bonchev–Trinajstić information content (AvgIpc) is 2.39. The van der Waals surface area contributed by atoms with Crippen LogP contribution in [0.3, 0.4) is 0 Å². The number of allylic oxidation sites excluding steroid dienone is 2. The Labute approximate surface area is 140 Å². The van der Waals surface area contributed by atoms with E-state index in [9.17, 15) is 9.59 Å². The molecule has 0 spiro atoms. The molecule has 134 valence electrons. The Kier molecular flexibility index (Phi) is 11.4. The molecule has 0 fully saturated rings. The molecule has 0 bridgehead atoms. The molecule has 0 aliphatic rings. The van der Waals surface area contributed by atoms with Crippen LogP contribution in [0.15, 0.2) is 12.2 Å². The van der Waals surface area contributed by atoms with Crippen LogP contribution >= 0.6 is 0 Å². The van der Waals surface area contributed by atoms with E-state index in [4.69, 9.17) is 9.84 Å². The predicted octanol–water partition coefficient (Wildman–Crippen LogP) is 3.39. The Morgan fingerprint density at radius 1 is 1.09 bits per heavy atom. The number of esters is 1. The van der Waals surface area contributed by atoms with Gasteiger partial charge in [-0.25, -0.2) is 0 Å². The number of quaternary nitrogens is 1. The maximum Gasteiger partial charge on any atom is 0.307 e. The van der Waals surface area contributed by atoms with Crippen molar-refractivity contribution in [3.8, 4) is 0 Å². The molecular weight excluding hydrogens is 294 g/mol. The minimum absolute atomic E-state index is 0.133. The Morgan fingerprint density at radius 2 is 1.70 bits per heavy atom. The lowest BCUT2D eigenvalue weighted by Gasteiger charge is -2.28. The number of aliphatic carboxylic acids is 1. The van der Waals surface area contributed by atoms with E-state index in [1.54, 1.807) is 0 Å². The maximum absolute atomic E-state index is 11.9. The lowest BCUT2D eigenvalue weighted by Crippen LogP contribution is -2.43. The van der Waals surface area contributed by atoms with Gasteiger partial charge < -0.3 is 14.3 Å². The third-order valence-corrected chi connectivity index (χ3v) is 3.44. The molecular formula is C18H34NO4+. The summed E-state index contributed by atoms with van der Waals surface area (Å²) < 4.78 is 5.92. The first-order valence-electron chi connectivity index (χ1n) is 8.57. The molecule has 0 aliphatic carbocycles. The molecule has 23 heavy (non-hydrogen) atoms. The number of carboxylic acid groups (broad SMARTS) is 1. The van der Waals surface area contributed by atoms with Gasteiger partial charge in [-0.3, -0.25) is 9.59 Å². The molecule has 1 unspecified atom stereocenters. The molecule has 0 aromatic rings. The van der Waals surface area contributed by atoms with Crippen molar-refractivity contribution < 1.29 is 23.9 Å². The zero-order valence-corrected chi connectivity index (χ0v) is 15.2. The third kappa shape index (κ3) is 15.3. The maximum atomic E-state index is 11.9. The summed E-state index contributed by atoms with van der Waals surface area (Å²) in [5, 5.41) is 8.93. The van der Waals surface area contributed by atoms with Crippen molar-refractivity contribution >= 4 is 11.9 Å². The summed E-state index contributed by atoms with van der Waals surface area (Å²) in [7, 11) is 5.86. The first-order valence-corrected chi connectivity index (χ1v) is 8.57. The third-order valence-electron chi connectivity index (χ3n) is 3.44. The number of nitrogens with zero attached hydrogens (tertiary/aromatic N) is 1. The fourth-order valence-electron chi connectivity index (χ4n) is 2.42. The van der Waals surface area contributed by atoms with Gasteiger partial charge in [0.2, 0.25) is 0 Å². The molecule has 0 aliphatic heterocycles. The molecule has 5 heteroatoms. The fourth-order valence-corrected chi connectivity index (χ4v) is 2.42. The van der Waals surface area contributed by atoms with Crippen LogP contribution in [-0.4, -0.2) is 55.3 Å². The Hall–Kier alpha value is -1.36. The van der Waals surface area contributed by atoms with Crippen molar-refractivity contribution in [2.24, 2.45) is 0 Å². The number of hydrogen-bond acceptors (Lipinski definition) is 3. The van der Waals surface area contributed by atoms with Gasteiger partial charge in [0.1, 0.15) is 6.54 Å². The van der Waals surface area contributed by atoms with E-state index >= 15 is 0 Å². The number of likely N-dealkylation sites (N-methyl/N-ethyl adjacent to an activating group) is 1. The van der Waals surface area contributed by atoms with Crippen molar-refractivity contribution in [3.05, 3.63) is 12.2 Å². The second kappa shape index (κ2) is 12.1. The van der Waals surface area contributed by atoms with Crippen LogP contribution in [0.25, 0.3) is 0 Å². The molecule has 0 rings (SSSR count). The highest BCUT2D eigenvalue weighted by Gasteiger charge is 2.24. The van der Waals surface area contributed by atoms with Crippen molar-refractivity contribution in [2.45, 2.75) is 64.4 Å². The van der Waals surface area contributed by atoms with Gasteiger partial charge in [0.15, 0.2) is 6.10 Å². The quantitative estimate of drug-likeness (QED) is 0.244. The topological polar surface area (TPSA) is 63.6 Å². The van der Waals surface area contributed by atoms with Crippen molar-refractivity contribution in [3.63, 3.8) is 0 Å². The number of carbonyl (C=O) groups is 2. The minimum Gasteiger partial charge on any atom is -0.481 e. The number of unbranched alkanes of at least 4 members (excludes halogenated alkanes) is 5.